The number of amides is 1. The first kappa shape index (κ1) is 16.7. The Morgan fingerprint density at radius 2 is 2.26 bits per heavy atom. The van der Waals surface area contributed by atoms with Crippen LogP contribution >= 0.6 is 34.5 Å². The molecule has 7 heteroatoms. The topological polar surface area (TPSA) is 45.2 Å². The molecule has 1 aromatic heterocycles. The molecule has 2 heterocycles. The van der Waals surface area contributed by atoms with Crippen LogP contribution in [0.4, 0.5) is 0 Å². The van der Waals surface area contributed by atoms with E-state index in [4.69, 9.17) is 23.2 Å². The second-order valence-electron chi connectivity index (χ2n) is 5.52. The number of carbonyl (C=O) groups excluding carboxylic acids is 1. The van der Waals surface area contributed by atoms with Gasteiger partial charge in [-0.15, -0.1) is 11.3 Å². The summed E-state index contributed by atoms with van der Waals surface area (Å²) in [5.74, 6) is 0.00492. The number of likely N-dealkylation sites (N-methyl/N-ethyl adjacent to an activating group) is 1. The van der Waals surface area contributed by atoms with Crippen LogP contribution in [0.25, 0.3) is 10.6 Å². The predicted octanol–water partition coefficient (Wildman–Crippen LogP) is 3.94. The summed E-state index contributed by atoms with van der Waals surface area (Å²) in [6.45, 7) is 1.61. The highest BCUT2D eigenvalue weighted by atomic mass is 35.5. The largest absolute Gasteiger partial charge is 0.333 e. The average molecular weight is 370 g/mol. The summed E-state index contributed by atoms with van der Waals surface area (Å²) in [7, 11) is 1.91. The normalized spacial score (nSPS) is 17.7. The molecule has 122 valence electrons. The SMILES string of the molecule is CNCC1CCCN1C(=O)c1csc(-c2ccc(Cl)c(Cl)c2)n1. The van der Waals surface area contributed by atoms with Gasteiger partial charge in [-0.1, -0.05) is 29.3 Å². The van der Waals surface area contributed by atoms with Crippen molar-refractivity contribution in [2.24, 2.45) is 0 Å². The van der Waals surface area contributed by atoms with Gasteiger partial charge in [-0.2, -0.15) is 0 Å². The first-order valence-electron chi connectivity index (χ1n) is 7.46. The van der Waals surface area contributed by atoms with E-state index >= 15 is 0 Å². The lowest BCUT2D eigenvalue weighted by Crippen LogP contribution is -2.40. The van der Waals surface area contributed by atoms with Gasteiger partial charge in [0.1, 0.15) is 10.7 Å². The molecule has 1 aliphatic rings. The summed E-state index contributed by atoms with van der Waals surface area (Å²) in [6, 6.07) is 5.63. The van der Waals surface area contributed by atoms with Crippen molar-refractivity contribution < 1.29 is 4.79 Å². The fraction of sp³-hybridized carbons (Fsp3) is 0.375. The van der Waals surface area contributed by atoms with Crippen LogP contribution in [-0.2, 0) is 0 Å². The molecule has 4 nitrogen and oxygen atoms in total. The van der Waals surface area contributed by atoms with Gasteiger partial charge in [-0.3, -0.25) is 4.79 Å². The maximum atomic E-state index is 12.7. The first-order chi connectivity index (χ1) is 11.1. The Hall–Kier alpha value is -1.14. The highest BCUT2D eigenvalue weighted by Gasteiger charge is 2.30. The Bertz CT molecular complexity index is 719. The molecule has 1 unspecified atom stereocenters. The molecule has 0 aliphatic carbocycles. The number of aromatic nitrogens is 1. The summed E-state index contributed by atoms with van der Waals surface area (Å²) in [5, 5.41) is 6.73. The quantitative estimate of drug-likeness (QED) is 0.887. The Morgan fingerprint density at radius 1 is 1.43 bits per heavy atom. The van der Waals surface area contributed by atoms with Crippen molar-refractivity contribution >= 4 is 40.4 Å². The van der Waals surface area contributed by atoms with Crippen LogP contribution in [0, 0.1) is 0 Å². The molecule has 1 amide bonds. The number of hydrogen-bond acceptors (Lipinski definition) is 4. The molecule has 23 heavy (non-hydrogen) atoms. The summed E-state index contributed by atoms with van der Waals surface area (Å²) >= 11 is 13.4. The molecule has 1 aliphatic heterocycles. The fourth-order valence-corrected chi connectivity index (χ4v) is 3.92. The van der Waals surface area contributed by atoms with Crippen molar-refractivity contribution in [2.75, 3.05) is 20.1 Å². The standard InChI is InChI=1S/C16H17Cl2N3OS/c1-19-8-11-3-2-6-21(11)16(22)14-9-23-15(20-14)10-4-5-12(17)13(18)7-10/h4-5,7,9,11,19H,2-3,6,8H2,1H3. The lowest BCUT2D eigenvalue weighted by molar-refractivity contribution is 0.0732. The van der Waals surface area contributed by atoms with Crippen LogP contribution in [0.15, 0.2) is 23.6 Å². The van der Waals surface area contributed by atoms with Crippen molar-refractivity contribution in [3.63, 3.8) is 0 Å². The highest BCUT2D eigenvalue weighted by Crippen LogP contribution is 2.31. The smallest absolute Gasteiger partial charge is 0.273 e. The molecule has 1 fully saturated rings. The fourth-order valence-electron chi connectivity index (χ4n) is 2.83. The third-order valence-corrected chi connectivity index (χ3v) is 5.60. The summed E-state index contributed by atoms with van der Waals surface area (Å²) < 4.78 is 0. The van der Waals surface area contributed by atoms with E-state index in [1.165, 1.54) is 11.3 Å². The van der Waals surface area contributed by atoms with E-state index in [9.17, 15) is 4.79 Å². The summed E-state index contributed by atoms with van der Waals surface area (Å²) in [5.41, 5.74) is 1.37. The molecular formula is C16H17Cl2N3OS. The van der Waals surface area contributed by atoms with Gasteiger partial charge in [0.05, 0.1) is 10.0 Å². The van der Waals surface area contributed by atoms with Crippen LogP contribution < -0.4 is 5.32 Å². The molecule has 3 rings (SSSR count). The van der Waals surface area contributed by atoms with Gasteiger partial charge in [-0.25, -0.2) is 4.98 Å². The molecule has 1 N–H and O–H groups in total. The third kappa shape index (κ3) is 3.53. The van der Waals surface area contributed by atoms with Crippen LogP contribution in [0.5, 0.6) is 0 Å². The van der Waals surface area contributed by atoms with Crippen LogP contribution in [-0.4, -0.2) is 42.0 Å². The van der Waals surface area contributed by atoms with Gasteiger partial charge in [0.15, 0.2) is 0 Å². The minimum absolute atomic E-state index is 0.00492. The van der Waals surface area contributed by atoms with Gasteiger partial charge in [-0.05, 0) is 32.0 Å². The number of benzene rings is 1. The molecule has 0 bridgehead atoms. The second-order valence-corrected chi connectivity index (χ2v) is 7.19. The minimum Gasteiger partial charge on any atom is -0.333 e. The molecule has 1 atom stereocenters. The number of likely N-dealkylation sites (tertiary alicyclic amines) is 1. The first-order valence-corrected chi connectivity index (χ1v) is 9.10. The Kier molecular flexibility index (Phi) is 5.21. The lowest BCUT2D eigenvalue weighted by atomic mass is 10.2. The Morgan fingerprint density at radius 3 is 3.00 bits per heavy atom. The molecule has 0 radical (unpaired) electrons. The second kappa shape index (κ2) is 7.18. The predicted molar refractivity (Wildman–Crippen MR) is 95.6 cm³/mol. The maximum absolute atomic E-state index is 12.7. The maximum Gasteiger partial charge on any atom is 0.273 e. The zero-order valence-corrected chi connectivity index (χ0v) is 15.0. The van der Waals surface area contributed by atoms with E-state index < -0.39 is 0 Å². The number of rotatable bonds is 4. The number of nitrogens with one attached hydrogen (secondary N) is 1. The number of halogens is 2. The van der Waals surface area contributed by atoms with Crippen LogP contribution in [0.3, 0.4) is 0 Å². The monoisotopic (exact) mass is 369 g/mol. The van der Waals surface area contributed by atoms with Gasteiger partial charge in [0.25, 0.3) is 5.91 Å². The number of hydrogen-bond donors (Lipinski definition) is 1. The zero-order chi connectivity index (χ0) is 16.4. The van der Waals surface area contributed by atoms with Crippen molar-refractivity contribution in [2.45, 2.75) is 18.9 Å². The van der Waals surface area contributed by atoms with E-state index in [1.54, 1.807) is 12.1 Å². The van der Waals surface area contributed by atoms with Crippen molar-refractivity contribution in [3.8, 4) is 10.6 Å². The van der Waals surface area contributed by atoms with Crippen molar-refractivity contribution in [1.29, 1.82) is 0 Å². The molecule has 1 saturated heterocycles. The van der Waals surface area contributed by atoms with Gasteiger partial charge in [0.2, 0.25) is 0 Å². The zero-order valence-electron chi connectivity index (χ0n) is 12.7. The Labute approximate surface area is 149 Å². The van der Waals surface area contributed by atoms with Gasteiger partial charge >= 0.3 is 0 Å². The average Bonchev–Trinajstić information content (AvgIpc) is 3.19. The third-order valence-electron chi connectivity index (χ3n) is 3.97. The van der Waals surface area contributed by atoms with Gasteiger partial charge in [0, 0.05) is 30.1 Å². The van der Waals surface area contributed by atoms with Gasteiger partial charge < -0.3 is 10.2 Å². The van der Waals surface area contributed by atoms with Crippen molar-refractivity contribution in [1.82, 2.24) is 15.2 Å². The van der Waals surface area contributed by atoms with E-state index in [2.05, 4.69) is 10.3 Å². The number of nitrogens with zero attached hydrogens (tertiary/aromatic N) is 2. The van der Waals surface area contributed by atoms with E-state index in [1.807, 2.05) is 23.4 Å². The van der Waals surface area contributed by atoms with E-state index in [0.29, 0.717) is 15.7 Å². The van der Waals surface area contributed by atoms with Crippen LogP contribution in [0.1, 0.15) is 23.3 Å². The van der Waals surface area contributed by atoms with E-state index in [0.717, 1.165) is 36.5 Å². The summed E-state index contributed by atoms with van der Waals surface area (Å²) in [4.78, 5) is 19.1. The highest BCUT2D eigenvalue weighted by molar-refractivity contribution is 7.13. The molecule has 2 aromatic rings. The molecular weight excluding hydrogens is 353 g/mol. The minimum atomic E-state index is 0.00492. The number of thiazole rings is 1. The molecule has 1 aromatic carbocycles. The summed E-state index contributed by atoms with van der Waals surface area (Å²) in [6.07, 6.45) is 2.08. The van der Waals surface area contributed by atoms with Crippen molar-refractivity contribution in [3.05, 3.63) is 39.3 Å². The van der Waals surface area contributed by atoms with Crippen LogP contribution in [0.2, 0.25) is 10.0 Å². The Balaban J connectivity index is 1.81. The molecule has 0 saturated carbocycles. The van der Waals surface area contributed by atoms with E-state index in [-0.39, 0.29) is 11.9 Å². The molecule has 0 spiro atoms. The number of carbonyl (C=O) groups is 1. The lowest BCUT2D eigenvalue weighted by Gasteiger charge is -2.23.